The molecule has 1 heterocycles. The highest BCUT2D eigenvalue weighted by Crippen LogP contribution is 2.31. The number of aliphatic hydroxyl groups excluding tert-OH is 1. The van der Waals surface area contributed by atoms with Crippen molar-refractivity contribution in [2.45, 2.75) is 6.92 Å². The van der Waals surface area contributed by atoms with Gasteiger partial charge in [0.25, 0.3) is 0 Å². The average molecular weight is 279 g/mol. The van der Waals surface area contributed by atoms with Gasteiger partial charge in [-0.3, -0.25) is 4.79 Å². The number of hydrogen-bond acceptors (Lipinski definition) is 3. The lowest BCUT2D eigenvalue weighted by Gasteiger charge is -2.08. The van der Waals surface area contributed by atoms with Gasteiger partial charge in [-0.25, -0.2) is 0 Å². The van der Waals surface area contributed by atoms with Crippen molar-refractivity contribution in [2.75, 3.05) is 0 Å². The molecule has 0 atom stereocenters. The first kappa shape index (κ1) is 12.9. The van der Waals surface area contributed by atoms with Gasteiger partial charge in [-0.15, -0.1) is 11.3 Å². The fourth-order valence-corrected chi connectivity index (χ4v) is 2.97. The monoisotopic (exact) mass is 278 g/mol. The maximum atomic E-state index is 12.4. The van der Waals surface area contributed by atoms with E-state index < -0.39 is 0 Å². The number of aliphatic hydroxyl groups is 1. The van der Waals surface area contributed by atoms with E-state index in [1.807, 2.05) is 12.1 Å². The first-order valence-electron chi connectivity index (χ1n) is 5.32. The van der Waals surface area contributed by atoms with Gasteiger partial charge in [0.2, 0.25) is 0 Å². The first-order valence-corrected chi connectivity index (χ1v) is 6.52. The van der Waals surface area contributed by atoms with Crippen LogP contribution in [0.4, 0.5) is 0 Å². The summed E-state index contributed by atoms with van der Waals surface area (Å²) >= 11 is 7.27. The lowest BCUT2D eigenvalue weighted by Crippen LogP contribution is -2.10. The number of halogens is 1. The molecule has 0 spiro atoms. The summed E-state index contributed by atoms with van der Waals surface area (Å²) in [4.78, 5) is 12.9. The van der Waals surface area contributed by atoms with E-state index in [2.05, 4.69) is 6.58 Å². The first-order chi connectivity index (χ1) is 8.56. The summed E-state index contributed by atoms with van der Waals surface area (Å²) < 4.78 is 0.826. The maximum absolute atomic E-state index is 12.4. The van der Waals surface area contributed by atoms with Crippen LogP contribution in [0.15, 0.2) is 41.7 Å². The standard InChI is InChI=1S/C14H11ClO2S/c1-3-10(16)12-13(17)9-6-4-5-7-11(9)18-14(12)8(2)15/h3-7,16H,2H2,1H3/b10-3+. The molecule has 0 aliphatic carbocycles. The van der Waals surface area contributed by atoms with Crippen molar-refractivity contribution in [1.82, 2.24) is 0 Å². The molecule has 0 aliphatic rings. The minimum absolute atomic E-state index is 0.0706. The molecule has 1 N–H and O–H groups in total. The molecule has 18 heavy (non-hydrogen) atoms. The van der Waals surface area contributed by atoms with Gasteiger partial charge in [0.15, 0.2) is 5.43 Å². The van der Waals surface area contributed by atoms with Crippen LogP contribution in [0.5, 0.6) is 0 Å². The van der Waals surface area contributed by atoms with Gasteiger partial charge < -0.3 is 5.11 Å². The van der Waals surface area contributed by atoms with Crippen LogP contribution in [-0.4, -0.2) is 5.11 Å². The highest BCUT2D eigenvalue weighted by Gasteiger charge is 2.16. The van der Waals surface area contributed by atoms with Gasteiger partial charge in [-0.05, 0) is 25.1 Å². The normalized spacial score (nSPS) is 11.8. The fourth-order valence-electron chi connectivity index (χ4n) is 1.71. The second-order valence-electron chi connectivity index (χ2n) is 3.71. The molecule has 2 rings (SSSR count). The Balaban J connectivity index is 2.98. The van der Waals surface area contributed by atoms with Gasteiger partial charge in [0, 0.05) is 10.1 Å². The van der Waals surface area contributed by atoms with Gasteiger partial charge in [-0.2, -0.15) is 0 Å². The number of fused-ring (bicyclic) bond motifs is 1. The molecule has 0 saturated heterocycles. The van der Waals surface area contributed by atoms with Crippen molar-refractivity contribution in [3.63, 3.8) is 0 Å². The third-order valence-electron chi connectivity index (χ3n) is 2.57. The molecule has 1 aromatic carbocycles. The van der Waals surface area contributed by atoms with E-state index in [0.717, 1.165) is 4.70 Å². The lowest BCUT2D eigenvalue weighted by molar-refractivity contribution is 0.510. The summed E-state index contributed by atoms with van der Waals surface area (Å²) in [6.07, 6.45) is 1.47. The van der Waals surface area contributed by atoms with Crippen LogP contribution in [0.1, 0.15) is 17.4 Å². The summed E-state index contributed by atoms with van der Waals surface area (Å²) in [6.45, 7) is 5.31. The van der Waals surface area contributed by atoms with Crippen LogP contribution < -0.4 is 5.43 Å². The van der Waals surface area contributed by atoms with Crippen molar-refractivity contribution in [2.24, 2.45) is 0 Å². The molecule has 0 fully saturated rings. The summed E-state index contributed by atoms with van der Waals surface area (Å²) in [5.74, 6) is -0.0706. The van der Waals surface area contributed by atoms with Crippen molar-refractivity contribution >= 4 is 43.8 Å². The zero-order valence-corrected chi connectivity index (χ0v) is 11.3. The van der Waals surface area contributed by atoms with Crippen molar-refractivity contribution in [3.8, 4) is 0 Å². The molecular weight excluding hydrogens is 268 g/mol. The molecule has 2 nitrogen and oxygen atoms in total. The molecule has 2 aromatic rings. The summed E-state index contributed by atoms with van der Waals surface area (Å²) in [5, 5.41) is 10.7. The zero-order chi connectivity index (χ0) is 13.3. The maximum Gasteiger partial charge on any atom is 0.199 e. The summed E-state index contributed by atoms with van der Waals surface area (Å²) in [7, 11) is 0. The Hall–Kier alpha value is -1.58. The SMILES string of the molecule is C=C(Cl)c1sc2ccccc2c(=O)c1/C(O)=C\C. The molecule has 0 aliphatic heterocycles. The Morgan fingerprint density at radius 2 is 2.11 bits per heavy atom. The van der Waals surface area contributed by atoms with E-state index >= 15 is 0 Å². The van der Waals surface area contributed by atoms with E-state index in [1.54, 1.807) is 19.1 Å². The van der Waals surface area contributed by atoms with E-state index in [-0.39, 0.29) is 21.8 Å². The number of rotatable bonds is 2. The van der Waals surface area contributed by atoms with Crippen molar-refractivity contribution in [1.29, 1.82) is 0 Å². The Morgan fingerprint density at radius 3 is 2.72 bits per heavy atom. The van der Waals surface area contributed by atoms with Crippen LogP contribution >= 0.6 is 22.9 Å². The molecule has 0 unspecified atom stereocenters. The highest BCUT2D eigenvalue weighted by molar-refractivity contribution is 7.20. The fraction of sp³-hybridized carbons (Fsp3) is 0.0714. The van der Waals surface area contributed by atoms with Crippen LogP contribution in [-0.2, 0) is 0 Å². The third kappa shape index (κ3) is 2.07. The largest absolute Gasteiger partial charge is 0.507 e. The predicted octanol–water partition coefficient (Wildman–Crippen LogP) is 4.39. The molecule has 4 heteroatoms. The van der Waals surface area contributed by atoms with Gasteiger partial charge in [-0.1, -0.05) is 30.3 Å². The Bertz CT molecular complexity index is 713. The second-order valence-corrected chi connectivity index (χ2v) is 5.22. The minimum atomic E-state index is -0.225. The predicted molar refractivity (Wildman–Crippen MR) is 79.3 cm³/mol. The number of allylic oxidation sites excluding steroid dienone is 1. The van der Waals surface area contributed by atoms with E-state index in [0.29, 0.717) is 10.3 Å². The molecule has 0 bridgehead atoms. The zero-order valence-electron chi connectivity index (χ0n) is 9.74. The molecular formula is C14H11ClO2S. The molecule has 92 valence electrons. The smallest absolute Gasteiger partial charge is 0.199 e. The average Bonchev–Trinajstić information content (AvgIpc) is 2.37. The van der Waals surface area contributed by atoms with Gasteiger partial charge >= 0.3 is 0 Å². The van der Waals surface area contributed by atoms with E-state index in [4.69, 9.17) is 11.6 Å². The quantitative estimate of drug-likeness (QED) is 0.827. The van der Waals surface area contributed by atoms with Crippen molar-refractivity contribution < 1.29 is 5.11 Å². The van der Waals surface area contributed by atoms with Gasteiger partial charge in [0.1, 0.15) is 5.76 Å². The van der Waals surface area contributed by atoms with Gasteiger partial charge in [0.05, 0.1) is 15.5 Å². The van der Waals surface area contributed by atoms with Crippen LogP contribution in [0.25, 0.3) is 20.9 Å². The molecule has 0 amide bonds. The topological polar surface area (TPSA) is 37.3 Å². The number of benzene rings is 1. The molecule has 0 saturated carbocycles. The van der Waals surface area contributed by atoms with Crippen LogP contribution in [0, 0.1) is 0 Å². The third-order valence-corrected chi connectivity index (χ3v) is 4.11. The van der Waals surface area contributed by atoms with Crippen LogP contribution in [0.3, 0.4) is 0 Å². The number of hydrogen-bond donors (Lipinski definition) is 1. The Labute approximate surface area is 113 Å². The Morgan fingerprint density at radius 1 is 1.44 bits per heavy atom. The molecule has 1 aromatic heterocycles. The Kier molecular flexibility index (Phi) is 3.55. The van der Waals surface area contributed by atoms with E-state index in [1.165, 1.54) is 17.4 Å². The highest BCUT2D eigenvalue weighted by atomic mass is 35.5. The van der Waals surface area contributed by atoms with E-state index in [9.17, 15) is 9.90 Å². The second kappa shape index (κ2) is 4.96. The summed E-state index contributed by atoms with van der Waals surface area (Å²) in [5.41, 5.74) is -0.00190. The summed E-state index contributed by atoms with van der Waals surface area (Å²) in [6, 6.07) is 7.24. The minimum Gasteiger partial charge on any atom is -0.507 e. The van der Waals surface area contributed by atoms with Crippen LogP contribution in [0.2, 0.25) is 0 Å². The lowest BCUT2D eigenvalue weighted by atomic mass is 10.1. The molecule has 0 radical (unpaired) electrons. The van der Waals surface area contributed by atoms with Crippen molar-refractivity contribution in [3.05, 3.63) is 57.6 Å².